The highest BCUT2D eigenvalue weighted by Crippen LogP contribution is 2.61. The number of ether oxygens (including phenoxy) is 1. The number of alkyl halides is 1. The van der Waals surface area contributed by atoms with Crippen molar-refractivity contribution in [2.75, 3.05) is 0 Å². The van der Waals surface area contributed by atoms with Gasteiger partial charge in [0.15, 0.2) is 5.56 Å². The number of cyclic esters (lactones) is 1. The molecule has 0 aromatic heterocycles. The van der Waals surface area contributed by atoms with Crippen LogP contribution < -0.4 is 0 Å². The number of fused-ring (bicyclic) bond motifs is 5. The maximum absolute atomic E-state index is 11.6. The molecule has 0 aromatic carbocycles. The van der Waals surface area contributed by atoms with E-state index in [0.29, 0.717) is 11.8 Å². The summed E-state index contributed by atoms with van der Waals surface area (Å²) < 4.78 is 5.10. The van der Waals surface area contributed by atoms with Crippen molar-refractivity contribution in [3.63, 3.8) is 0 Å². The third-order valence-electron chi connectivity index (χ3n) is 3.98. The minimum Gasteiger partial charge on any atom is -0.445 e. The zero-order valence-corrected chi connectivity index (χ0v) is 8.12. The number of allylic oxidation sites excluding steroid dienone is 2. The maximum Gasteiger partial charge on any atom is 0.314 e. The van der Waals surface area contributed by atoms with Gasteiger partial charge in [-0.1, -0.05) is 23.8 Å². The van der Waals surface area contributed by atoms with Crippen molar-refractivity contribution >= 4 is 17.6 Å². The number of hydrogen-bond donors (Lipinski definition) is 0. The van der Waals surface area contributed by atoms with Crippen LogP contribution in [0.15, 0.2) is 12.2 Å². The lowest BCUT2D eigenvalue weighted by atomic mass is 9.72. The quantitative estimate of drug-likeness (QED) is 0.338. The molecule has 1 saturated carbocycles. The minimum atomic E-state index is -0.405. The summed E-state index contributed by atoms with van der Waals surface area (Å²) in [6, 6.07) is 0. The molecule has 3 rings (SSSR count). The molecule has 1 aliphatic heterocycles. The van der Waals surface area contributed by atoms with Crippen LogP contribution in [0, 0.1) is 23.2 Å². The van der Waals surface area contributed by atoms with Crippen LogP contribution in [0.25, 0.3) is 0 Å². The van der Waals surface area contributed by atoms with Crippen molar-refractivity contribution in [1.29, 1.82) is 0 Å². The Morgan fingerprint density at radius 1 is 1.62 bits per heavy atom. The van der Waals surface area contributed by atoms with Gasteiger partial charge in [-0.05, 0) is 25.2 Å². The van der Waals surface area contributed by atoms with Gasteiger partial charge in [-0.15, -0.1) is 0 Å². The Bertz CT molecular complexity index is 312. The van der Waals surface area contributed by atoms with Gasteiger partial charge in [0, 0.05) is 5.92 Å². The monoisotopic (exact) mass is 198 g/mol. The van der Waals surface area contributed by atoms with Crippen LogP contribution in [0.2, 0.25) is 0 Å². The maximum atomic E-state index is 11.6. The van der Waals surface area contributed by atoms with Gasteiger partial charge >= 0.3 is 5.97 Å². The van der Waals surface area contributed by atoms with E-state index in [1.165, 1.54) is 0 Å². The molecular weight excluding hydrogens is 188 g/mol. The Morgan fingerprint density at radius 3 is 3.08 bits per heavy atom. The van der Waals surface area contributed by atoms with Gasteiger partial charge in [-0.2, -0.15) is 0 Å². The summed E-state index contributed by atoms with van der Waals surface area (Å²) in [6.45, 7) is 2.00. The van der Waals surface area contributed by atoms with Crippen LogP contribution in [0.5, 0.6) is 0 Å². The Kier molecular flexibility index (Phi) is 1.28. The molecule has 2 nitrogen and oxygen atoms in total. The molecule has 0 amide bonds. The number of rotatable bonds is 0. The molecule has 70 valence electrons. The second kappa shape index (κ2) is 2.11. The van der Waals surface area contributed by atoms with Crippen molar-refractivity contribution in [2.24, 2.45) is 23.2 Å². The third-order valence-corrected chi connectivity index (χ3v) is 4.34. The zero-order chi connectivity index (χ0) is 9.22. The molecule has 0 aromatic rings. The molecule has 0 N–H and O–H groups in total. The average Bonchev–Trinajstić information content (AvgIpc) is 2.66. The largest absolute Gasteiger partial charge is 0.445 e. The van der Waals surface area contributed by atoms with E-state index in [1.807, 2.05) is 6.92 Å². The van der Waals surface area contributed by atoms with Crippen molar-refractivity contribution in [3.05, 3.63) is 12.2 Å². The lowest BCUT2D eigenvalue weighted by molar-refractivity contribution is -0.147. The first-order valence-electron chi connectivity index (χ1n) is 4.67. The Balaban J connectivity index is 2.12. The van der Waals surface area contributed by atoms with E-state index in [4.69, 9.17) is 16.3 Å². The lowest BCUT2D eigenvalue weighted by Gasteiger charge is -2.27. The highest BCUT2D eigenvalue weighted by Gasteiger charge is 2.65. The van der Waals surface area contributed by atoms with Crippen LogP contribution >= 0.6 is 11.6 Å². The second-order valence-corrected chi connectivity index (χ2v) is 4.89. The molecule has 0 radical (unpaired) electrons. The molecule has 1 heterocycles. The van der Waals surface area contributed by atoms with Gasteiger partial charge in [-0.3, -0.25) is 4.79 Å². The molecule has 0 spiro atoms. The fraction of sp³-hybridized carbons (Fsp3) is 0.700. The van der Waals surface area contributed by atoms with E-state index in [0.717, 1.165) is 6.42 Å². The summed E-state index contributed by atoms with van der Waals surface area (Å²) in [5.74, 6) is 0.925. The Morgan fingerprint density at radius 2 is 2.38 bits per heavy atom. The molecule has 3 heteroatoms. The zero-order valence-electron chi connectivity index (χ0n) is 7.37. The summed E-state index contributed by atoms with van der Waals surface area (Å²) in [4.78, 5) is 11.6. The van der Waals surface area contributed by atoms with Gasteiger partial charge in [0.05, 0.1) is 5.41 Å². The number of carbonyl (C=O) groups is 1. The normalized spacial score (nSPS) is 56.9. The predicted molar refractivity (Wildman–Crippen MR) is 48.1 cm³/mol. The van der Waals surface area contributed by atoms with E-state index < -0.39 is 5.56 Å². The summed E-state index contributed by atoms with van der Waals surface area (Å²) in [5, 5.41) is 0. The molecule has 2 bridgehead atoms. The molecule has 13 heavy (non-hydrogen) atoms. The van der Waals surface area contributed by atoms with E-state index in [1.54, 1.807) is 0 Å². The van der Waals surface area contributed by atoms with E-state index >= 15 is 0 Å². The Hall–Kier alpha value is -0.500. The summed E-state index contributed by atoms with van der Waals surface area (Å²) in [6.07, 6.45) is 5.42. The first-order chi connectivity index (χ1) is 6.14. The SMILES string of the molecule is CC12C(=O)OC(Cl)C1C1C=CC2C1. The van der Waals surface area contributed by atoms with Crippen molar-refractivity contribution in [1.82, 2.24) is 0 Å². The number of hydrogen-bond acceptors (Lipinski definition) is 2. The third kappa shape index (κ3) is 0.700. The molecular formula is C10H11ClO2. The fourth-order valence-corrected chi connectivity index (χ4v) is 3.72. The molecule has 2 aliphatic carbocycles. The number of halogens is 1. The van der Waals surface area contributed by atoms with Crippen LogP contribution in [-0.2, 0) is 9.53 Å². The molecule has 5 unspecified atom stereocenters. The summed E-state index contributed by atoms with van der Waals surface area (Å²) in [7, 11) is 0. The van der Waals surface area contributed by atoms with Crippen molar-refractivity contribution < 1.29 is 9.53 Å². The van der Waals surface area contributed by atoms with Crippen LogP contribution in [0.4, 0.5) is 0 Å². The highest BCUT2D eigenvalue weighted by atomic mass is 35.5. The van der Waals surface area contributed by atoms with E-state index in [-0.39, 0.29) is 17.3 Å². The second-order valence-electron chi connectivity index (χ2n) is 4.46. The van der Waals surface area contributed by atoms with Crippen LogP contribution in [0.1, 0.15) is 13.3 Å². The molecule has 2 fully saturated rings. The van der Waals surface area contributed by atoms with Crippen molar-refractivity contribution in [3.8, 4) is 0 Å². The van der Waals surface area contributed by atoms with Gasteiger partial charge in [0.2, 0.25) is 0 Å². The van der Waals surface area contributed by atoms with Gasteiger partial charge < -0.3 is 4.74 Å². The smallest absolute Gasteiger partial charge is 0.314 e. The van der Waals surface area contributed by atoms with E-state index in [9.17, 15) is 4.79 Å². The Labute approximate surface area is 81.9 Å². The van der Waals surface area contributed by atoms with Gasteiger partial charge in [-0.25, -0.2) is 0 Å². The minimum absolute atomic E-state index is 0.102. The fourth-order valence-electron chi connectivity index (χ4n) is 3.19. The first kappa shape index (κ1) is 7.86. The first-order valence-corrected chi connectivity index (χ1v) is 5.11. The highest BCUT2D eigenvalue weighted by molar-refractivity contribution is 6.21. The molecule has 1 saturated heterocycles. The standard InChI is InChI=1S/C10H11ClO2/c1-10-6-3-2-5(4-6)7(10)8(11)13-9(10)12/h2-3,5-8H,4H2,1H3. The molecule has 5 atom stereocenters. The van der Waals surface area contributed by atoms with E-state index in [2.05, 4.69) is 12.2 Å². The van der Waals surface area contributed by atoms with Gasteiger partial charge in [0.1, 0.15) is 0 Å². The van der Waals surface area contributed by atoms with Crippen molar-refractivity contribution in [2.45, 2.75) is 18.9 Å². The van der Waals surface area contributed by atoms with Crippen LogP contribution in [-0.4, -0.2) is 11.5 Å². The lowest BCUT2D eigenvalue weighted by Crippen LogP contribution is -2.34. The summed E-state index contributed by atoms with van der Waals surface area (Å²) in [5.41, 5.74) is -0.733. The predicted octanol–water partition coefficient (Wildman–Crippen LogP) is 1.94. The topological polar surface area (TPSA) is 26.3 Å². The summed E-state index contributed by atoms with van der Waals surface area (Å²) >= 11 is 6.01. The van der Waals surface area contributed by atoms with Gasteiger partial charge in [0.25, 0.3) is 0 Å². The number of esters is 1. The van der Waals surface area contributed by atoms with Crippen LogP contribution in [0.3, 0.4) is 0 Å². The molecule has 3 aliphatic rings. The average molecular weight is 199 g/mol. The number of carbonyl (C=O) groups excluding carboxylic acids is 1.